The van der Waals surface area contributed by atoms with Crippen molar-refractivity contribution in [2.24, 2.45) is 5.92 Å². The zero-order chi connectivity index (χ0) is 11.0. The molecule has 1 aromatic rings. The molecule has 1 aliphatic carbocycles. The molecule has 1 heterocycles. The fraction of sp³-hybridized carbons (Fsp3) is 0.571. The van der Waals surface area contributed by atoms with Crippen molar-refractivity contribution in [3.63, 3.8) is 0 Å². The molecule has 1 aliphatic heterocycles. The predicted octanol–water partition coefficient (Wildman–Crippen LogP) is 3.55. The molecule has 2 heteroatoms. The second kappa shape index (κ2) is 4.17. The molecular weight excluding hydrogens is 201 g/mol. The molecule has 0 bridgehead atoms. The highest BCUT2D eigenvalue weighted by atomic mass is 19.1. The summed E-state index contributed by atoms with van der Waals surface area (Å²) in [5.74, 6) is 0.681. The molecule has 1 aromatic carbocycles. The Balaban J connectivity index is 1.87. The van der Waals surface area contributed by atoms with Gasteiger partial charge in [-0.2, -0.15) is 0 Å². The van der Waals surface area contributed by atoms with Crippen molar-refractivity contribution < 1.29 is 4.39 Å². The summed E-state index contributed by atoms with van der Waals surface area (Å²) in [7, 11) is 0. The van der Waals surface area contributed by atoms with Gasteiger partial charge in [0.15, 0.2) is 0 Å². The third-order valence-corrected chi connectivity index (χ3v) is 4.11. The van der Waals surface area contributed by atoms with Crippen LogP contribution in [0.5, 0.6) is 0 Å². The van der Waals surface area contributed by atoms with Crippen LogP contribution in [-0.4, -0.2) is 0 Å². The van der Waals surface area contributed by atoms with Crippen molar-refractivity contribution >= 4 is 0 Å². The summed E-state index contributed by atoms with van der Waals surface area (Å²) in [5, 5.41) is 3.49. The van der Waals surface area contributed by atoms with E-state index in [0.717, 1.165) is 11.5 Å². The summed E-state index contributed by atoms with van der Waals surface area (Å²) < 4.78 is 13.6. The van der Waals surface area contributed by atoms with Crippen molar-refractivity contribution in [2.45, 2.75) is 44.7 Å². The lowest BCUT2D eigenvalue weighted by Gasteiger charge is -2.28. The summed E-state index contributed by atoms with van der Waals surface area (Å²) in [5.41, 5.74) is 2.12. The van der Waals surface area contributed by atoms with E-state index in [1.165, 1.54) is 37.7 Å². The maximum Gasteiger partial charge on any atom is 0.128 e. The molecule has 3 rings (SSSR count). The molecule has 0 saturated heterocycles. The summed E-state index contributed by atoms with van der Waals surface area (Å²) in [4.78, 5) is 0. The Labute approximate surface area is 96.1 Å². The number of benzene rings is 1. The van der Waals surface area contributed by atoms with Crippen molar-refractivity contribution in [1.82, 2.24) is 5.32 Å². The van der Waals surface area contributed by atoms with Crippen LogP contribution < -0.4 is 5.32 Å². The van der Waals surface area contributed by atoms with Gasteiger partial charge in [-0.1, -0.05) is 31.4 Å². The lowest BCUT2D eigenvalue weighted by Crippen LogP contribution is -2.23. The van der Waals surface area contributed by atoms with Gasteiger partial charge in [-0.3, -0.25) is 0 Å². The van der Waals surface area contributed by atoms with Crippen LogP contribution in [0.1, 0.15) is 49.3 Å². The number of nitrogens with one attached hydrogen (secondary N) is 1. The summed E-state index contributed by atoms with van der Waals surface area (Å²) in [6.45, 7) is 0.711. The number of hydrogen-bond acceptors (Lipinski definition) is 1. The SMILES string of the molecule is Fc1cccc2c1CNC2C1CCCCC1. The van der Waals surface area contributed by atoms with E-state index in [1.807, 2.05) is 6.07 Å². The first-order valence-corrected chi connectivity index (χ1v) is 6.37. The average Bonchev–Trinajstić information content (AvgIpc) is 2.75. The van der Waals surface area contributed by atoms with Gasteiger partial charge >= 0.3 is 0 Å². The molecule has 86 valence electrons. The zero-order valence-corrected chi connectivity index (χ0v) is 9.51. The van der Waals surface area contributed by atoms with Gasteiger partial charge < -0.3 is 5.32 Å². The lowest BCUT2D eigenvalue weighted by atomic mass is 9.81. The van der Waals surface area contributed by atoms with Crippen LogP contribution in [0.4, 0.5) is 4.39 Å². The fourth-order valence-electron chi connectivity index (χ4n) is 3.26. The molecule has 0 spiro atoms. The minimum absolute atomic E-state index is 0.0386. The number of hydrogen-bond donors (Lipinski definition) is 1. The van der Waals surface area contributed by atoms with E-state index >= 15 is 0 Å². The second-order valence-corrected chi connectivity index (χ2v) is 5.06. The van der Waals surface area contributed by atoms with E-state index in [2.05, 4.69) is 11.4 Å². The van der Waals surface area contributed by atoms with E-state index in [0.29, 0.717) is 12.6 Å². The normalized spacial score (nSPS) is 25.7. The standard InChI is InChI=1S/C14H18FN/c15-13-8-4-7-11-12(13)9-16-14(11)10-5-2-1-3-6-10/h4,7-8,10,14,16H,1-3,5-6,9H2. The van der Waals surface area contributed by atoms with Crippen LogP contribution in [0.3, 0.4) is 0 Å². The molecule has 0 amide bonds. The van der Waals surface area contributed by atoms with Gasteiger partial charge in [0.2, 0.25) is 0 Å². The van der Waals surface area contributed by atoms with Crippen LogP contribution in [0.15, 0.2) is 18.2 Å². The van der Waals surface area contributed by atoms with Crippen molar-refractivity contribution in [1.29, 1.82) is 0 Å². The lowest BCUT2D eigenvalue weighted by molar-refractivity contribution is 0.282. The molecule has 1 N–H and O–H groups in total. The highest BCUT2D eigenvalue weighted by Gasteiger charge is 2.31. The molecule has 1 fully saturated rings. The molecule has 16 heavy (non-hydrogen) atoms. The van der Waals surface area contributed by atoms with Gasteiger partial charge in [-0.05, 0) is 30.4 Å². The van der Waals surface area contributed by atoms with E-state index in [-0.39, 0.29) is 5.82 Å². The first-order chi connectivity index (χ1) is 7.86. The first-order valence-electron chi connectivity index (χ1n) is 6.37. The highest BCUT2D eigenvalue weighted by molar-refractivity contribution is 5.35. The summed E-state index contributed by atoms with van der Waals surface area (Å²) >= 11 is 0. The van der Waals surface area contributed by atoms with Gasteiger partial charge in [0.25, 0.3) is 0 Å². The fourth-order valence-corrected chi connectivity index (χ4v) is 3.26. The average molecular weight is 219 g/mol. The van der Waals surface area contributed by atoms with Crippen molar-refractivity contribution in [2.75, 3.05) is 0 Å². The van der Waals surface area contributed by atoms with Gasteiger partial charge in [-0.15, -0.1) is 0 Å². The van der Waals surface area contributed by atoms with E-state index < -0.39 is 0 Å². The second-order valence-electron chi connectivity index (χ2n) is 5.06. The van der Waals surface area contributed by atoms with Gasteiger partial charge in [0.1, 0.15) is 5.82 Å². The quantitative estimate of drug-likeness (QED) is 0.761. The van der Waals surface area contributed by atoms with Gasteiger partial charge in [-0.25, -0.2) is 4.39 Å². The molecule has 2 aliphatic rings. The monoisotopic (exact) mass is 219 g/mol. The Kier molecular flexibility index (Phi) is 2.68. The first kappa shape index (κ1) is 10.3. The Bertz CT molecular complexity index is 382. The van der Waals surface area contributed by atoms with Crippen LogP contribution in [0, 0.1) is 11.7 Å². The third-order valence-electron chi connectivity index (χ3n) is 4.11. The smallest absolute Gasteiger partial charge is 0.128 e. The van der Waals surface area contributed by atoms with Crippen LogP contribution in [-0.2, 0) is 6.54 Å². The maximum atomic E-state index is 13.6. The Morgan fingerprint density at radius 3 is 2.75 bits per heavy atom. The highest BCUT2D eigenvalue weighted by Crippen LogP contribution is 2.39. The van der Waals surface area contributed by atoms with E-state index in [4.69, 9.17) is 0 Å². The van der Waals surface area contributed by atoms with Crippen LogP contribution in [0.2, 0.25) is 0 Å². The molecular formula is C14H18FN. The Hall–Kier alpha value is -0.890. The van der Waals surface area contributed by atoms with Crippen LogP contribution >= 0.6 is 0 Å². The van der Waals surface area contributed by atoms with Crippen LogP contribution in [0.25, 0.3) is 0 Å². The van der Waals surface area contributed by atoms with E-state index in [9.17, 15) is 4.39 Å². The van der Waals surface area contributed by atoms with E-state index in [1.54, 1.807) is 6.07 Å². The zero-order valence-electron chi connectivity index (χ0n) is 9.51. The summed E-state index contributed by atoms with van der Waals surface area (Å²) in [6.07, 6.45) is 6.65. The predicted molar refractivity (Wildman–Crippen MR) is 62.6 cm³/mol. The minimum atomic E-state index is -0.0386. The number of fused-ring (bicyclic) bond motifs is 1. The minimum Gasteiger partial charge on any atom is -0.305 e. The Morgan fingerprint density at radius 1 is 1.12 bits per heavy atom. The summed E-state index contributed by atoms with van der Waals surface area (Å²) in [6, 6.07) is 5.92. The molecule has 1 unspecified atom stereocenters. The molecule has 1 atom stereocenters. The topological polar surface area (TPSA) is 12.0 Å². The molecule has 1 nitrogen and oxygen atoms in total. The number of halogens is 1. The molecule has 0 aromatic heterocycles. The van der Waals surface area contributed by atoms with Crippen molar-refractivity contribution in [3.05, 3.63) is 35.1 Å². The van der Waals surface area contributed by atoms with Gasteiger partial charge in [0, 0.05) is 18.2 Å². The Morgan fingerprint density at radius 2 is 1.94 bits per heavy atom. The molecule has 0 radical (unpaired) electrons. The van der Waals surface area contributed by atoms with Gasteiger partial charge in [0.05, 0.1) is 0 Å². The largest absolute Gasteiger partial charge is 0.305 e. The van der Waals surface area contributed by atoms with Crippen molar-refractivity contribution in [3.8, 4) is 0 Å². The molecule has 1 saturated carbocycles. The third kappa shape index (κ3) is 1.65. The maximum absolute atomic E-state index is 13.6. The number of rotatable bonds is 1.